The minimum Gasteiger partial charge on any atom is -0.362 e. The highest BCUT2D eigenvalue weighted by atomic mass is 16.1. The molecule has 0 spiro atoms. The third-order valence-corrected chi connectivity index (χ3v) is 5.64. The Balaban J connectivity index is 0.000000351. The van der Waals surface area contributed by atoms with Gasteiger partial charge >= 0.3 is 0 Å². The van der Waals surface area contributed by atoms with Crippen molar-refractivity contribution in [2.75, 3.05) is 0 Å². The first-order chi connectivity index (χ1) is 17.3. The number of rotatable bonds is 6. The molecule has 1 aliphatic heterocycles. The average Bonchev–Trinajstić information content (AvgIpc) is 2.79. The maximum atomic E-state index is 12.1. The van der Waals surface area contributed by atoms with Crippen molar-refractivity contribution in [2.45, 2.75) is 67.7 Å². The molecular formula is C31H37NO5. The largest absolute Gasteiger partial charge is 0.362 e. The Morgan fingerprint density at radius 3 is 1.35 bits per heavy atom. The van der Waals surface area contributed by atoms with Crippen LogP contribution in [0, 0.1) is 13.8 Å². The predicted molar refractivity (Wildman–Crippen MR) is 146 cm³/mol. The number of allylic oxidation sites excluding steroid dienone is 4. The maximum Gasteiger partial charge on any atom is 0.158 e. The molecule has 0 aromatic heterocycles. The van der Waals surface area contributed by atoms with Crippen molar-refractivity contribution in [3.05, 3.63) is 93.3 Å². The van der Waals surface area contributed by atoms with Crippen LogP contribution in [0.5, 0.6) is 0 Å². The number of ketones is 4. The highest BCUT2D eigenvalue weighted by Gasteiger charge is 2.33. The van der Waals surface area contributed by atoms with E-state index in [0.29, 0.717) is 11.1 Å². The second kappa shape index (κ2) is 14.6. The molecule has 0 atom stereocenters. The lowest BCUT2D eigenvalue weighted by atomic mass is 9.77. The van der Waals surface area contributed by atoms with E-state index in [0.717, 1.165) is 34.4 Å². The van der Waals surface area contributed by atoms with Crippen molar-refractivity contribution in [1.29, 1.82) is 0 Å². The summed E-state index contributed by atoms with van der Waals surface area (Å²) >= 11 is 0. The zero-order valence-corrected chi connectivity index (χ0v) is 23.0. The number of hydrogen-bond donors (Lipinski definition) is 1. The van der Waals surface area contributed by atoms with Crippen LogP contribution in [0.2, 0.25) is 0 Å². The summed E-state index contributed by atoms with van der Waals surface area (Å²) in [6.45, 7) is 13.7. The summed E-state index contributed by atoms with van der Waals surface area (Å²) in [4.78, 5) is 54.4. The van der Waals surface area contributed by atoms with Crippen LogP contribution >= 0.6 is 0 Å². The first-order valence-electron chi connectivity index (χ1n) is 12.1. The standard InChI is InChI=1S/C18H21NO2.C8H8O.C5H8O2/c1-10-6-8-15(9-7-10)18-16(13(4)20)11(2)19-12(3)17(18)14(5)21;1-7-2-4-8(6-9)5-3-7;1-4(6)3-5(2)7/h6-9,18-19H,1-5H3;2-6H,1H3;3H2,1-2H3. The number of Topliss-reactive ketones (excluding diaryl/α,β-unsaturated/α-hetero) is 4. The molecule has 0 radical (unpaired) electrons. The maximum absolute atomic E-state index is 12.1. The number of benzene rings is 2. The Kier molecular flexibility index (Phi) is 12.3. The van der Waals surface area contributed by atoms with Gasteiger partial charge in [-0.1, -0.05) is 59.7 Å². The molecule has 196 valence electrons. The smallest absolute Gasteiger partial charge is 0.158 e. The van der Waals surface area contributed by atoms with Gasteiger partial charge in [-0.3, -0.25) is 24.0 Å². The number of aldehydes is 1. The molecule has 6 heteroatoms. The highest BCUT2D eigenvalue weighted by molar-refractivity contribution is 6.03. The molecule has 1 aliphatic rings. The van der Waals surface area contributed by atoms with Crippen LogP contribution in [-0.2, 0) is 19.2 Å². The van der Waals surface area contributed by atoms with Crippen molar-refractivity contribution in [2.24, 2.45) is 0 Å². The second-order valence-electron chi connectivity index (χ2n) is 9.27. The van der Waals surface area contributed by atoms with Gasteiger partial charge in [0.15, 0.2) is 11.6 Å². The van der Waals surface area contributed by atoms with Crippen molar-refractivity contribution >= 4 is 29.4 Å². The van der Waals surface area contributed by atoms with Crippen LogP contribution in [0.15, 0.2) is 71.1 Å². The van der Waals surface area contributed by atoms with Gasteiger partial charge in [0.25, 0.3) is 0 Å². The summed E-state index contributed by atoms with van der Waals surface area (Å²) in [6.07, 6.45) is 0.930. The van der Waals surface area contributed by atoms with Crippen LogP contribution < -0.4 is 5.32 Å². The number of hydrogen-bond acceptors (Lipinski definition) is 6. The third-order valence-electron chi connectivity index (χ3n) is 5.64. The van der Waals surface area contributed by atoms with Crippen LogP contribution in [0.1, 0.15) is 80.9 Å². The van der Waals surface area contributed by atoms with Gasteiger partial charge in [-0.2, -0.15) is 0 Å². The molecule has 0 amide bonds. The lowest BCUT2D eigenvalue weighted by Gasteiger charge is -2.30. The number of carbonyl (C=O) groups is 5. The fourth-order valence-electron chi connectivity index (χ4n) is 4.02. The Labute approximate surface area is 219 Å². The topological polar surface area (TPSA) is 97.4 Å². The van der Waals surface area contributed by atoms with E-state index in [4.69, 9.17) is 0 Å². The minimum absolute atomic E-state index is 0.00294. The van der Waals surface area contributed by atoms with Gasteiger partial charge in [-0.05, 0) is 61.0 Å². The van der Waals surface area contributed by atoms with Gasteiger partial charge < -0.3 is 5.32 Å². The summed E-state index contributed by atoms with van der Waals surface area (Å²) in [6, 6.07) is 15.5. The van der Waals surface area contributed by atoms with E-state index in [1.807, 2.05) is 76.2 Å². The quantitative estimate of drug-likeness (QED) is 0.397. The Morgan fingerprint density at radius 2 is 1.05 bits per heavy atom. The van der Waals surface area contributed by atoms with Crippen LogP contribution in [0.25, 0.3) is 0 Å². The second-order valence-corrected chi connectivity index (χ2v) is 9.27. The summed E-state index contributed by atoms with van der Waals surface area (Å²) < 4.78 is 0. The fraction of sp³-hybridized carbons (Fsp3) is 0.323. The molecular weight excluding hydrogens is 466 g/mol. The number of aryl methyl sites for hydroxylation is 2. The van der Waals surface area contributed by atoms with E-state index in [9.17, 15) is 24.0 Å². The molecule has 6 nitrogen and oxygen atoms in total. The molecule has 2 aromatic carbocycles. The molecule has 0 fully saturated rings. The van der Waals surface area contributed by atoms with Crippen molar-refractivity contribution < 1.29 is 24.0 Å². The summed E-state index contributed by atoms with van der Waals surface area (Å²) in [7, 11) is 0. The highest BCUT2D eigenvalue weighted by Crippen LogP contribution is 2.38. The van der Waals surface area contributed by atoms with E-state index in [2.05, 4.69) is 5.32 Å². The van der Waals surface area contributed by atoms with Crippen LogP contribution in [0.4, 0.5) is 0 Å². The Morgan fingerprint density at radius 1 is 0.676 bits per heavy atom. The lowest BCUT2D eigenvalue weighted by molar-refractivity contribution is -0.124. The molecule has 1 heterocycles. The fourth-order valence-corrected chi connectivity index (χ4v) is 4.02. The van der Waals surface area contributed by atoms with E-state index in [1.165, 1.54) is 19.4 Å². The molecule has 0 bridgehead atoms. The van der Waals surface area contributed by atoms with E-state index < -0.39 is 0 Å². The minimum atomic E-state index is -0.276. The molecule has 37 heavy (non-hydrogen) atoms. The summed E-state index contributed by atoms with van der Waals surface area (Å²) in [5.74, 6) is -0.407. The monoisotopic (exact) mass is 503 g/mol. The van der Waals surface area contributed by atoms with Crippen LogP contribution in [0.3, 0.4) is 0 Å². The SMILES string of the molecule is CC(=O)C1=C(C)NC(C)=C(C(C)=O)C1c1ccc(C)cc1.CC(=O)CC(C)=O.Cc1ccc(C=O)cc1. The van der Waals surface area contributed by atoms with Gasteiger partial charge in [-0.15, -0.1) is 0 Å². The average molecular weight is 504 g/mol. The number of nitrogens with one attached hydrogen (secondary N) is 1. The number of carbonyl (C=O) groups excluding carboxylic acids is 5. The molecule has 1 N–H and O–H groups in total. The van der Waals surface area contributed by atoms with Gasteiger partial charge in [0, 0.05) is 34.0 Å². The van der Waals surface area contributed by atoms with E-state index >= 15 is 0 Å². The molecule has 0 saturated carbocycles. The van der Waals surface area contributed by atoms with Gasteiger partial charge in [0.05, 0.1) is 6.42 Å². The molecule has 3 rings (SSSR count). The van der Waals surface area contributed by atoms with Crippen LogP contribution in [-0.4, -0.2) is 29.4 Å². The number of dihydropyridines is 1. The van der Waals surface area contributed by atoms with Gasteiger partial charge in [0.2, 0.25) is 0 Å². The zero-order valence-electron chi connectivity index (χ0n) is 23.0. The Hall–Kier alpha value is -3.93. The lowest BCUT2D eigenvalue weighted by Crippen LogP contribution is -2.29. The van der Waals surface area contributed by atoms with E-state index in [1.54, 1.807) is 13.8 Å². The first-order valence-corrected chi connectivity index (χ1v) is 12.1. The predicted octanol–water partition coefficient (Wildman–Crippen LogP) is 5.77. The molecule has 0 saturated heterocycles. The van der Waals surface area contributed by atoms with Crippen molar-refractivity contribution in [1.82, 2.24) is 5.32 Å². The summed E-state index contributed by atoms with van der Waals surface area (Å²) in [5, 5.41) is 3.17. The van der Waals surface area contributed by atoms with Gasteiger partial charge in [-0.25, -0.2) is 0 Å². The van der Waals surface area contributed by atoms with Gasteiger partial charge in [0.1, 0.15) is 17.9 Å². The van der Waals surface area contributed by atoms with E-state index in [-0.39, 0.29) is 35.5 Å². The van der Waals surface area contributed by atoms with Crippen molar-refractivity contribution in [3.63, 3.8) is 0 Å². The first kappa shape index (κ1) is 31.1. The van der Waals surface area contributed by atoms with Crippen molar-refractivity contribution in [3.8, 4) is 0 Å². The Bertz CT molecular complexity index is 1170. The normalized spacial score (nSPS) is 12.9. The molecule has 2 aromatic rings. The zero-order chi connectivity index (χ0) is 28.3. The third kappa shape index (κ3) is 9.92. The molecule has 0 aliphatic carbocycles. The molecule has 0 unspecified atom stereocenters. The summed E-state index contributed by atoms with van der Waals surface area (Å²) in [5.41, 5.74) is 7.07.